The van der Waals surface area contributed by atoms with Gasteiger partial charge in [-0.05, 0) is 31.5 Å². The number of hydrogen-bond acceptors (Lipinski definition) is 5. The Kier molecular flexibility index (Phi) is 6.39. The van der Waals surface area contributed by atoms with Crippen molar-refractivity contribution in [3.05, 3.63) is 24.3 Å². The number of likely N-dealkylation sites (N-methyl/N-ethyl adjacent to an activating group) is 1. The molecule has 2 saturated heterocycles. The van der Waals surface area contributed by atoms with Crippen LogP contribution in [0.2, 0.25) is 0 Å². The van der Waals surface area contributed by atoms with E-state index in [-0.39, 0.29) is 11.8 Å². The second-order valence-corrected chi connectivity index (χ2v) is 9.35. The fourth-order valence-electron chi connectivity index (χ4n) is 3.84. The molecule has 0 atom stereocenters. The highest BCUT2D eigenvalue weighted by Crippen LogP contribution is 2.28. The van der Waals surface area contributed by atoms with Crippen LogP contribution in [0.25, 0.3) is 0 Å². The minimum atomic E-state index is -3.17. The second kappa shape index (κ2) is 8.58. The molecule has 0 unspecified atom stereocenters. The Morgan fingerprint density at radius 2 is 1.70 bits per heavy atom. The molecule has 0 saturated carbocycles. The van der Waals surface area contributed by atoms with Gasteiger partial charge in [0.15, 0.2) is 0 Å². The second-order valence-electron chi connectivity index (χ2n) is 7.36. The quantitative estimate of drug-likeness (QED) is 0.818. The van der Waals surface area contributed by atoms with Crippen LogP contribution in [0.4, 0.5) is 11.4 Å². The molecule has 0 bridgehead atoms. The van der Waals surface area contributed by atoms with Gasteiger partial charge >= 0.3 is 0 Å². The third-order valence-corrected chi connectivity index (χ3v) is 6.92. The molecule has 0 aromatic heterocycles. The molecule has 1 aromatic carbocycles. The van der Waals surface area contributed by atoms with E-state index >= 15 is 0 Å². The number of amides is 1. The van der Waals surface area contributed by atoms with E-state index in [1.54, 1.807) is 0 Å². The van der Waals surface area contributed by atoms with Crippen molar-refractivity contribution in [2.75, 3.05) is 62.3 Å². The van der Waals surface area contributed by atoms with Crippen LogP contribution in [0.5, 0.6) is 0 Å². The summed E-state index contributed by atoms with van der Waals surface area (Å²) in [6.45, 7) is 8.04. The van der Waals surface area contributed by atoms with Crippen LogP contribution in [0.15, 0.2) is 24.3 Å². The monoisotopic (exact) mass is 394 g/mol. The number of carbonyl (C=O) groups is 1. The predicted octanol–water partition coefficient (Wildman–Crippen LogP) is 1.44. The van der Waals surface area contributed by atoms with Gasteiger partial charge in [0.2, 0.25) is 15.9 Å². The lowest BCUT2D eigenvalue weighted by atomic mass is 9.97. The number of rotatable bonds is 5. The average molecular weight is 395 g/mol. The number of carbonyl (C=O) groups excluding carboxylic acids is 1. The summed E-state index contributed by atoms with van der Waals surface area (Å²) in [7, 11) is -3.17. The maximum atomic E-state index is 12.8. The molecule has 27 heavy (non-hydrogen) atoms. The first kappa shape index (κ1) is 20.1. The van der Waals surface area contributed by atoms with Crippen LogP contribution in [0.1, 0.15) is 19.8 Å². The highest BCUT2D eigenvalue weighted by Gasteiger charge is 2.29. The zero-order valence-electron chi connectivity index (χ0n) is 16.2. The summed E-state index contributed by atoms with van der Waals surface area (Å²) in [6, 6.07) is 7.95. The van der Waals surface area contributed by atoms with Crippen molar-refractivity contribution < 1.29 is 13.2 Å². The Bertz CT molecular complexity index is 752. The molecule has 2 aliphatic heterocycles. The number of benzene rings is 1. The number of piperidine rings is 1. The smallest absolute Gasteiger partial charge is 0.227 e. The Labute approximate surface area is 162 Å². The first-order valence-electron chi connectivity index (χ1n) is 9.71. The van der Waals surface area contributed by atoms with E-state index in [0.717, 1.165) is 44.1 Å². The summed E-state index contributed by atoms with van der Waals surface area (Å²) in [4.78, 5) is 17.5. The number of hydrogen-bond donors (Lipinski definition) is 1. The van der Waals surface area contributed by atoms with Gasteiger partial charge < -0.3 is 15.1 Å². The third-order valence-electron chi connectivity index (χ3n) is 5.62. The molecule has 1 aromatic rings. The van der Waals surface area contributed by atoms with E-state index in [0.29, 0.717) is 25.9 Å². The van der Waals surface area contributed by atoms with Crippen molar-refractivity contribution in [1.29, 1.82) is 0 Å². The van der Waals surface area contributed by atoms with Gasteiger partial charge in [0.25, 0.3) is 0 Å². The minimum absolute atomic E-state index is 0.0113. The molecular weight excluding hydrogens is 364 g/mol. The van der Waals surface area contributed by atoms with Gasteiger partial charge in [0.1, 0.15) is 0 Å². The number of sulfonamides is 1. The zero-order valence-corrected chi connectivity index (χ0v) is 17.0. The van der Waals surface area contributed by atoms with Crippen molar-refractivity contribution in [1.82, 2.24) is 9.21 Å². The van der Waals surface area contributed by atoms with Gasteiger partial charge in [-0.3, -0.25) is 4.79 Å². The summed E-state index contributed by atoms with van der Waals surface area (Å²) >= 11 is 0. The largest absolute Gasteiger partial charge is 0.367 e. The van der Waals surface area contributed by atoms with Crippen LogP contribution in [-0.4, -0.2) is 75.6 Å². The van der Waals surface area contributed by atoms with E-state index in [4.69, 9.17) is 0 Å². The lowest BCUT2D eigenvalue weighted by Gasteiger charge is -2.36. The molecule has 7 nitrogen and oxygen atoms in total. The van der Waals surface area contributed by atoms with Crippen LogP contribution >= 0.6 is 0 Å². The molecule has 0 aliphatic carbocycles. The minimum Gasteiger partial charge on any atom is -0.367 e. The molecule has 0 radical (unpaired) electrons. The van der Waals surface area contributed by atoms with Gasteiger partial charge in [-0.25, -0.2) is 12.7 Å². The lowest BCUT2D eigenvalue weighted by molar-refractivity contribution is -0.120. The van der Waals surface area contributed by atoms with Crippen molar-refractivity contribution in [3.63, 3.8) is 0 Å². The SMILES string of the molecule is CCN1CCN(c2ccccc2NC(=O)C2CCN(S(C)(=O)=O)CC2)CC1. The Morgan fingerprint density at radius 1 is 1.07 bits per heavy atom. The number of nitrogens with one attached hydrogen (secondary N) is 1. The molecule has 2 aliphatic rings. The fraction of sp³-hybridized carbons (Fsp3) is 0.632. The van der Waals surface area contributed by atoms with Crippen molar-refractivity contribution >= 4 is 27.3 Å². The van der Waals surface area contributed by atoms with Gasteiger partial charge in [-0.2, -0.15) is 0 Å². The topological polar surface area (TPSA) is 73.0 Å². The molecule has 2 fully saturated rings. The van der Waals surface area contributed by atoms with Crippen LogP contribution in [0, 0.1) is 5.92 Å². The fourth-order valence-corrected chi connectivity index (χ4v) is 4.72. The predicted molar refractivity (Wildman–Crippen MR) is 109 cm³/mol. The highest BCUT2D eigenvalue weighted by atomic mass is 32.2. The van der Waals surface area contributed by atoms with Gasteiger partial charge in [0.05, 0.1) is 17.6 Å². The van der Waals surface area contributed by atoms with E-state index in [1.807, 2.05) is 18.2 Å². The standard InChI is InChI=1S/C19H30N4O3S/c1-3-21-12-14-22(15-13-21)18-7-5-4-6-17(18)20-19(24)16-8-10-23(11-9-16)27(2,25)26/h4-7,16H,3,8-15H2,1-2H3,(H,20,24). The normalized spacial score (nSPS) is 20.6. The first-order chi connectivity index (χ1) is 12.9. The molecule has 1 N–H and O–H groups in total. The molecule has 1 amide bonds. The van der Waals surface area contributed by atoms with Crippen molar-refractivity contribution in [3.8, 4) is 0 Å². The van der Waals surface area contributed by atoms with Crippen LogP contribution in [-0.2, 0) is 14.8 Å². The Morgan fingerprint density at radius 3 is 2.30 bits per heavy atom. The van der Waals surface area contributed by atoms with Crippen LogP contribution < -0.4 is 10.2 Å². The van der Waals surface area contributed by atoms with E-state index in [1.165, 1.54) is 10.6 Å². The Balaban J connectivity index is 1.62. The summed E-state index contributed by atoms with van der Waals surface area (Å²) in [6.07, 6.45) is 2.36. The Hall–Kier alpha value is -1.64. The van der Waals surface area contributed by atoms with Crippen molar-refractivity contribution in [2.45, 2.75) is 19.8 Å². The summed E-state index contributed by atoms with van der Waals surface area (Å²) < 4.78 is 24.7. The summed E-state index contributed by atoms with van der Waals surface area (Å²) in [5.74, 6) is -0.157. The molecule has 2 heterocycles. The molecule has 0 spiro atoms. The van der Waals surface area contributed by atoms with E-state index in [2.05, 4.69) is 28.1 Å². The van der Waals surface area contributed by atoms with Crippen LogP contribution in [0.3, 0.4) is 0 Å². The molecular formula is C19H30N4O3S. The zero-order chi connectivity index (χ0) is 19.4. The highest BCUT2D eigenvalue weighted by molar-refractivity contribution is 7.88. The number of anilines is 2. The van der Waals surface area contributed by atoms with E-state index in [9.17, 15) is 13.2 Å². The maximum absolute atomic E-state index is 12.8. The number of piperazine rings is 1. The van der Waals surface area contributed by atoms with Gasteiger partial charge in [-0.15, -0.1) is 0 Å². The summed E-state index contributed by atoms with van der Waals surface area (Å²) in [5, 5.41) is 3.09. The van der Waals surface area contributed by atoms with Gasteiger partial charge in [-0.1, -0.05) is 19.1 Å². The van der Waals surface area contributed by atoms with Crippen molar-refractivity contribution in [2.24, 2.45) is 5.92 Å². The lowest BCUT2D eigenvalue weighted by Crippen LogP contribution is -2.46. The van der Waals surface area contributed by atoms with Gasteiger partial charge in [0, 0.05) is 45.2 Å². The van der Waals surface area contributed by atoms with E-state index < -0.39 is 10.0 Å². The average Bonchev–Trinajstić information content (AvgIpc) is 2.68. The number of nitrogens with zero attached hydrogens (tertiary/aromatic N) is 3. The number of para-hydroxylation sites is 2. The maximum Gasteiger partial charge on any atom is 0.227 e. The summed E-state index contributed by atoms with van der Waals surface area (Å²) in [5.41, 5.74) is 1.91. The first-order valence-corrected chi connectivity index (χ1v) is 11.6. The molecule has 8 heteroatoms. The molecule has 3 rings (SSSR count). The third kappa shape index (κ3) is 5.00. The molecule has 150 valence electrons.